The maximum Gasteiger partial charge on any atom is 0.319 e. The first-order valence-corrected chi connectivity index (χ1v) is 17.5. The monoisotopic (exact) mass is 653 g/mol. The summed E-state index contributed by atoms with van der Waals surface area (Å²) in [6.07, 6.45) is 1.64. The lowest BCUT2D eigenvalue weighted by molar-refractivity contribution is 0.461. The number of hydrogen-bond acceptors (Lipinski definition) is 6. The van der Waals surface area contributed by atoms with Gasteiger partial charge in [0.15, 0.2) is 5.82 Å². The number of fused-ring (bicyclic) bond motifs is 1. The molecular weight excluding hydrogens is 620 g/mol. The van der Waals surface area contributed by atoms with Gasteiger partial charge in [-0.25, -0.2) is 18.7 Å². The van der Waals surface area contributed by atoms with Crippen molar-refractivity contribution >= 4 is 47.0 Å². The van der Waals surface area contributed by atoms with Crippen LogP contribution in [0.5, 0.6) is 5.75 Å². The van der Waals surface area contributed by atoms with Gasteiger partial charge in [0.25, 0.3) is 0 Å². The number of benzene rings is 4. The molecule has 1 aliphatic heterocycles. The van der Waals surface area contributed by atoms with Crippen molar-refractivity contribution in [3.8, 4) is 22.9 Å². The summed E-state index contributed by atoms with van der Waals surface area (Å²) in [5.41, 5.74) is -0.150. The molecule has 1 N–H and O–H groups in total. The molecule has 0 spiro atoms. The van der Waals surface area contributed by atoms with Crippen LogP contribution in [0, 0.1) is 23.0 Å². The van der Waals surface area contributed by atoms with Gasteiger partial charge in [0.2, 0.25) is 0 Å². The summed E-state index contributed by atoms with van der Waals surface area (Å²) in [4.78, 5) is 10.8. The van der Waals surface area contributed by atoms with Crippen LogP contribution in [0.3, 0.4) is 0 Å². The lowest BCUT2D eigenvalue weighted by Gasteiger charge is -2.43. The van der Waals surface area contributed by atoms with Crippen LogP contribution in [-0.2, 0) is 0 Å². The number of nitrogens with one attached hydrogen (secondary N) is 1. The van der Waals surface area contributed by atoms with Gasteiger partial charge in [0.05, 0.1) is 23.1 Å². The Morgan fingerprint density at radius 3 is 2.28 bits per heavy atom. The number of halogens is 3. The van der Waals surface area contributed by atoms with Crippen molar-refractivity contribution in [2.24, 2.45) is 0 Å². The van der Waals surface area contributed by atoms with Crippen molar-refractivity contribution < 1.29 is 13.2 Å². The van der Waals surface area contributed by atoms with E-state index in [1.165, 1.54) is 12.4 Å². The number of anilines is 1. The van der Waals surface area contributed by atoms with Crippen molar-refractivity contribution in [1.82, 2.24) is 15.3 Å². The van der Waals surface area contributed by atoms with Crippen LogP contribution in [0.25, 0.3) is 22.0 Å². The van der Waals surface area contributed by atoms with Crippen molar-refractivity contribution in [3.63, 3.8) is 0 Å². The van der Waals surface area contributed by atoms with Crippen LogP contribution in [0.4, 0.5) is 14.6 Å². The molecule has 1 aliphatic rings. The first-order valence-electron chi connectivity index (χ1n) is 15.2. The largest absolute Gasteiger partial charge is 0.533 e. The zero-order valence-corrected chi connectivity index (χ0v) is 27.7. The molecular formula is C36H34ClF2N5OSi. The molecule has 4 aromatic carbocycles. The number of piperazine rings is 1. The average Bonchev–Trinajstić information content (AvgIpc) is 3.05. The smallest absolute Gasteiger partial charge is 0.319 e. The highest BCUT2D eigenvalue weighted by atomic mass is 35.5. The Bertz CT molecular complexity index is 1870. The van der Waals surface area contributed by atoms with Crippen molar-refractivity contribution in [3.05, 3.63) is 108 Å². The van der Waals surface area contributed by atoms with Crippen LogP contribution in [0.15, 0.2) is 91.3 Å². The van der Waals surface area contributed by atoms with Gasteiger partial charge in [-0.1, -0.05) is 99.1 Å². The van der Waals surface area contributed by atoms with E-state index >= 15 is 8.78 Å². The van der Waals surface area contributed by atoms with Crippen molar-refractivity contribution in [2.75, 3.05) is 24.5 Å². The predicted molar refractivity (Wildman–Crippen MR) is 182 cm³/mol. The second-order valence-electron chi connectivity index (χ2n) is 12.5. The van der Waals surface area contributed by atoms with Gasteiger partial charge in [-0.15, -0.1) is 0 Å². The molecule has 6 nitrogen and oxygen atoms in total. The zero-order valence-electron chi connectivity index (χ0n) is 25.9. The normalized spacial score (nSPS) is 15.5. The molecule has 0 aliphatic carbocycles. The molecule has 1 aromatic heterocycles. The van der Waals surface area contributed by atoms with Gasteiger partial charge < -0.3 is 14.6 Å². The number of rotatable bonds is 7. The van der Waals surface area contributed by atoms with E-state index in [-0.39, 0.29) is 33.5 Å². The van der Waals surface area contributed by atoms with E-state index in [0.717, 1.165) is 10.4 Å². The van der Waals surface area contributed by atoms with Crippen LogP contribution in [0.1, 0.15) is 27.2 Å². The Hall–Kier alpha value is -4.36. The standard InChI is InChI=1S/C36H34ClF2N5OSi/c1-36(2,3)46(25-11-6-4-7-12-25,26-13-8-5-9-14-26)45-30-16-10-15-29(38)32(30)31-28(37)21-27-34(33(31)39)42-23-43-35(27)44-20-19-41-24(22-44)17-18-40/h4-16,21,23-24,41H,17,19-20,22H2,1-3H3/t24-/m0/s1. The van der Waals surface area contributed by atoms with Crippen LogP contribution < -0.4 is 25.0 Å². The molecule has 6 rings (SSSR count). The molecule has 234 valence electrons. The van der Waals surface area contributed by atoms with E-state index in [4.69, 9.17) is 16.0 Å². The fourth-order valence-corrected chi connectivity index (χ4v) is 11.2. The average molecular weight is 654 g/mol. The molecule has 10 heteroatoms. The molecule has 1 atom stereocenters. The molecule has 46 heavy (non-hydrogen) atoms. The van der Waals surface area contributed by atoms with Gasteiger partial charge in [0, 0.05) is 36.6 Å². The molecule has 0 amide bonds. The number of nitriles is 1. The summed E-state index contributed by atoms with van der Waals surface area (Å²) in [6, 6.07) is 28.3. The maximum absolute atomic E-state index is 16.8. The molecule has 0 bridgehead atoms. The second kappa shape index (κ2) is 12.8. The van der Waals surface area contributed by atoms with E-state index in [2.05, 4.69) is 42.1 Å². The van der Waals surface area contributed by atoms with Gasteiger partial charge in [-0.2, -0.15) is 5.26 Å². The van der Waals surface area contributed by atoms with Crippen LogP contribution in [0.2, 0.25) is 10.1 Å². The third-order valence-corrected chi connectivity index (χ3v) is 13.8. The van der Waals surface area contributed by atoms with Gasteiger partial charge >= 0.3 is 8.32 Å². The molecule has 0 saturated carbocycles. The minimum Gasteiger partial charge on any atom is -0.533 e. The summed E-state index contributed by atoms with van der Waals surface area (Å²) in [7, 11) is -3.20. The van der Waals surface area contributed by atoms with Gasteiger partial charge in [-0.3, -0.25) is 0 Å². The molecule has 0 radical (unpaired) electrons. The summed E-state index contributed by atoms with van der Waals surface area (Å²) in [6.45, 7) is 8.14. The highest BCUT2D eigenvalue weighted by Gasteiger charge is 2.52. The maximum atomic E-state index is 16.8. The number of hydrogen-bond donors (Lipinski definition) is 1. The van der Waals surface area contributed by atoms with Crippen molar-refractivity contribution in [1.29, 1.82) is 5.26 Å². The number of nitrogens with zero attached hydrogens (tertiary/aromatic N) is 4. The first kappa shape index (κ1) is 31.6. The fraction of sp³-hybridized carbons (Fsp3) is 0.250. The highest BCUT2D eigenvalue weighted by molar-refractivity contribution is 7.00. The van der Waals surface area contributed by atoms with Crippen LogP contribution in [-0.4, -0.2) is 44.0 Å². The SMILES string of the molecule is CC(C)(C)[Si](Oc1cccc(F)c1-c1c(Cl)cc2c(N3CCN[C@@H](CC#N)C3)ncnc2c1F)(c1ccccc1)c1ccccc1. The Labute approximate surface area is 273 Å². The highest BCUT2D eigenvalue weighted by Crippen LogP contribution is 2.45. The Balaban J connectivity index is 1.54. The Morgan fingerprint density at radius 1 is 0.978 bits per heavy atom. The molecule has 1 fully saturated rings. The molecule has 2 heterocycles. The second-order valence-corrected chi connectivity index (χ2v) is 17.1. The fourth-order valence-electron chi connectivity index (χ4n) is 6.51. The third-order valence-electron chi connectivity index (χ3n) is 8.60. The van der Waals surface area contributed by atoms with Gasteiger partial charge in [-0.05, 0) is 33.6 Å². The van der Waals surface area contributed by atoms with E-state index < -0.39 is 25.0 Å². The third kappa shape index (κ3) is 5.62. The lowest BCUT2D eigenvalue weighted by atomic mass is 10.0. The minimum absolute atomic E-state index is 0.0159. The van der Waals surface area contributed by atoms with Gasteiger partial charge in [0.1, 0.15) is 29.2 Å². The number of aromatic nitrogens is 2. The summed E-state index contributed by atoms with van der Waals surface area (Å²) < 4.78 is 40.0. The Morgan fingerprint density at radius 2 is 1.65 bits per heavy atom. The molecule has 5 aromatic rings. The lowest BCUT2D eigenvalue weighted by Crippen LogP contribution is -2.68. The summed E-state index contributed by atoms with van der Waals surface area (Å²) in [5.74, 6) is -0.706. The van der Waals surface area contributed by atoms with Crippen molar-refractivity contribution in [2.45, 2.75) is 38.3 Å². The summed E-state index contributed by atoms with van der Waals surface area (Å²) >= 11 is 6.89. The van der Waals surface area contributed by atoms with E-state index in [1.54, 1.807) is 18.2 Å². The van der Waals surface area contributed by atoms with E-state index in [1.807, 2.05) is 65.6 Å². The zero-order chi connectivity index (χ0) is 32.5. The quantitative estimate of drug-likeness (QED) is 0.194. The molecule has 0 unspecified atom stereocenters. The predicted octanol–water partition coefficient (Wildman–Crippen LogP) is 6.86. The Kier molecular flexibility index (Phi) is 8.79. The minimum atomic E-state index is -3.20. The summed E-state index contributed by atoms with van der Waals surface area (Å²) in [5, 5.41) is 14.5. The van der Waals surface area contributed by atoms with Crippen LogP contribution >= 0.6 is 11.6 Å². The molecule has 1 saturated heterocycles. The topological polar surface area (TPSA) is 74.1 Å². The first-order chi connectivity index (χ1) is 22.2. The van der Waals surface area contributed by atoms with E-state index in [9.17, 15) is 5.26 Å². The van der Waals surface area contributed by atoms with E-state index in [0.29, 0.717) is 37.3 Å².